The fourth-order valence-corrected chi connectivity index (χ4v) is 2.68. The second kappa shape index (κ2) is 12.7. The Morgan fingerprint density at radius 3 is 2.48 bits per heavy atom. The van der Waals surface area contributed by atoms with Gasteiger partial charge in [0.2, 0.25) is 0 Å². The van der Waals surface area contributed by atoms with E-state index in [1.165, 1.54) is 0 Å². The molecule has 0 amide bonds. The van der Waals surface area contributed by atoms with Gasteiger partial charge in [0.1, 0.15) is 12.4 Å². The quantitative estimate of drug-likeness (QED) is 0.243. The monoisotopic (exact) mass is 484 g/mol. The number of ether oxygens (including phenoxy) is 1. The molecule has 1 rings (SSSR count). The maximum absolute atomic E-state index is 5.08. The van der Waals surface area contributed by atoms with Crippen LogP contribution in [0, 0.1) is 6.92 Å². The molecule has 0 aromatic carbocycles. The third kappa shape index (κ3) is 10.9. The first kappa shape index (κ1) is 24.5. The molecule has 0 radical (unpaired) electrons. The maximum Gasteiger partial charge on any atom is 0.191 e. The minimum atomic E-state index is 0. The summed E-state index contributed by atoms with van der Waals surface area (Å²) in [6, 6.07) is 0. The lowest BCUT2D eigenvalue weighted by Crippen LogP contribution is -2.39. The summed E-state index contributed by atoms with van der Waals surface area (Å²) in [4.78, 5) is 4.62. The number of nitrogens with zero attached hydrogens (tertiary/aromatic N) is 4. The minimum absolute atomic E-state index is 0. The van der Waals surface area contributed by atoms with Crippen LogP contribution in [-0.4, -0.2) is 58.0 Å². The average molecular weight is 484 g/mol. The first-order chi connectivity index (χ1) is 11.3. The van der Waals surface area contributed by atoms with Crippen molar-refractivity contribution in [3.8, 4) is 0 Å². The van der Waals surface area contributed by atoms with Crippen molar-refractivity contribution in [1.82, 2.24) is 25.4 Å². The van der Waals surface area contributed by atoms with Gasteiger partial charge in [-0.05, 0) is 13.3 Å². The Morgan fingerprint density at radius 1 is 1.24 bits per heavy atom. The number of rotatable bonds is 9. The average Bonchev–Trinajstić information content (AvgIpc) is 2.83. The number of nitrogens with one attached hydrogen (secondary N) is 2. The van der Waals surface area contributed by atoms with E-state index in [0.29, 0.717) is 6.54 Å². The summed E-state index contributed by atoms with van der Waals surface area (Å²) < 4.78 is 7.32. The zero-order valence-electron chi connectivity index (χ0n) is 16.3. The Bertz CT molecular complexity index is 515. The maximum atomic E-state index is 5.08. The fraction of sp³-hybridized carbons (Fsp3) is 0.812. The van der Waals surface area contributed by atoms with Crippen LogP contribution in [0.2, 0.25) is 0 Å². The first-order valence-corrected chi connectivity index (χ1v) is 9.32. The van der Waals surface area contributed by atoms with Gasteiger partial charge in [-0.25, -0.2) is 4.99 Å². The van der Waals surface area contributed by atoms with Crippen LogP contribution in [-0.2, 0) is 18.3 Å². The minimum Gasteiger partial charge on any atom is -0.385 e. The van der Waals surface area contributed by atoms with Gasteiger partial charge in [-0.3, -0.25) is 0 Å². The van der Waals surface area contributed by atoms with Gasteiger partial charge in [-0.2, -0.15) is 11.8 Å². The molecule has 25 heavy (non-hydrogen) atoms. The van der Waals surface area contributed by atoms with E-state index >= 15 is 0 Å². The highest BCUT2D eigenvalue weighted by Gasteiger charge is 2.10. The molecule has 0 aliphatic rings. The lowest BCUT2D eigenvalue weighted by molar-refractivity contribution is 0.195. The van der Waals surface area contributed by atoms with E-state index in [9.17, 15) is 0 Å². The van der Waals surface area contributed by atoms with E-state index in [0.717, 1.165) is 49.5 Å². The fourth-order valence-electron chi connectivity index (χ4n) is 1.86. The van der Waals surface area contributed by atoms with Gasteiger partial charge >= 0.3 is 0 Å². The van der Waals surface area contributed by atoms with Gasteiger partial charge in [0.15, 0.2) is 11.8 Å². The largest absolute Gasteiger partial charge is 0.385 e. The highest BCUT2D eigenvalue weighted by atomic mass is 127. The van der Waals surface area contributed by atoms with E-state index in [2.05, 4.69) is 46.6 Å². The van der Waals surface area contributed by atoms with Crippen LogP contribution in [0.15, 0.2) is 4.99 Å². The molecule has 1 aromatic heterocycles. The van der Waals surface area contributed by atoms with Crippen molar-refractivity contribution >= 4 is 41.7 Å². The lowest BCUT2D eigenvalue weighted by atomic mass is 10.3. The number of aliphatic imine (C=N–C) groups is 1. The molecule has 0 aliphatic heterocycles. The Labute approximate surface area is 173 Å². The molecule has 0 saturated carbocycles. The molecule has 0 saturated heterocycles. The number of aromatic nitrogens is 3. The smallest absolute Gasteiger partial charge is 0.191 e. The van der Waals surface area contributed by atoms with E-state index < -0.39 is 0 Å². The highest BCUT2D eigenvalue weighted by Crippen LogP contribution is 2.21. The van der Waals surface area contributed by atoms with Crippen molar-refractivity contribution in [1.29, 1.82) is 0 Å². The third-order valence-electron chi connectivity index (χ3n) is 3.31. The molecule has 2 N–H and O–H groups in total. The van der Waals surface area contributed by atoms with Gasteiger partial charge in [0.05, 0.1) is 0 Å². The number of aryl methyl sites for hydroxylation is 1. The summed E-state index contributed by atoms with van der Waals surface area (Å²) >= 11 is 1.94. The molecule has 1 heterocycles. The van der Waals surface area contributed by atoms with Crippen LogP contribution in [0.1, 0.15) is 38.8 Å². The molecule has 7 nitrogen and oxygen atoms in total. The zero-order valence-corrected chi connectivity index (χ0v) is 19.4. The van der Waals surface area contributed by atoms with Crippen LogP contribution < -0.4 is 10.6 Å². The summed E-state index contributed by atoms with van der Waals surface area (Å²) in [6.45, 7) is 11.6. The molecule has 9 heteroatoms. The second-order valence-electron chi connectivity index (χ2n) is 6.55. The van der Waals surface area contributed by atoms with Crippen molar-refractivity contribution in [3.63, 3.8) is 0 Å². The Morgan fingerprint density at radius 2 is 1.92 bits per heavy atom. The summed E-state index contributed by atoms with van der Waals surface area (Å²) in [5, 5.41) is 14.9. The first-order valence-electron chi connectivity index (χ1n) is 8.33. The van der Waals surface area contributed by atoms with Crippen LogP contribution in [0.4, 0.5) is 0 Å². The molecule has 0 bridgehead atoms. The van der Waals surface area contributed by atoms with Crippen molar-refractivity contribution in [2.75, 3.05) is 32.6 Å². The van der Waals surface area contributed by atoms with Crippen LogP contribution in [0.3, 0.4) is 0 Å². The van der Waals surface area contributed by atoms with Crippen LogP contribution >= 0.6 is 35.7 Å². The van der Waals surface area contributed by atoms with Gasteiger partial charge < -0.3 is 19.9 Å². The van der Waals surface area contributed by atoms with E-state index in [1.54, 1.807) is 7.11 Å². The van der Waals surface area contributed by atoms with Gasteiger partial charge in [-0.15, -0.1) is 34.2 Å². The van der Waals surface area contributed by atoms with Gasteiger partial charge in [0.25, 0.3) is 0 Å². The summed E-state index contributed by atoms with van der Waals surface area (Å²) in [7, 11) is 3.67. The highest BCUT2D eigenvalue weighted by molar-refractivity contribution is 14.0. The number of hydrogen-bond acceptors (Lipinski definition) is 5. The summed E-state index contributed by atoms with van der Waals surface area (Å²) in [5.41, 5.74) is 0. The molecule has 1 aromatic rings. The number of guanidine groups is 1. The standard InChI is InChI=1S/C16H32N6OS.HI/c1-13-20-21-14(22(13)5)12-19-15(17-8-7-10-23-6)18-9-11-24-16(2,3)4;/h7-12H2,1-6H3,(H2,17,18,19);1H. The molecule has 0 unspecified atom stereocenters. The third-order valence-corrected chi connectivity index (χ3v) is 4.58. The Kier molecular flexibility index (Phi) is 12.5. The molecule has 0 spiro atoms. The predicted octanol–water partition coefficient (Wildman–Crippen LogP) is 2.34. The van der Waals surface area contributed by atoms with Crippen LogP contribution in [0.5, 0.6) is 0 Å². The van der Waals surface area contributed by atoms with Gasteiger partial charge in [-0.1, -0.05) is 20.8 Å². The Balaban J connectivity index is 0.00000576. The lowest BCUT2D eigenvalue weighted by Gasteiger charge is -2.18. The number of halogens is 1. The van der Waals surface area contributed by atoms with Crippen molar-refractivity contribution in [2.45, 2.75) is 45.4 Å². The molecule has 146 valence electrons. The SMILES string of the molecule is COCCCNC(=NCc1nnc(C)n1C)NCCSC(C)(C)C.I. The van der Waals surface area contributed by atoms with Crippen LogP contribution in [0.25, 0.3) is 0 Å². The van der Waals surface area contributed by atoms with E-state index in [-0.39, 0.29) is 28.7 Å². The molecule has 0 aliphatic carbocycles. The summed E-state index contributed by atoms with van der Waals surface area (Å²) in [6.07, 6.45) is 0.941. The molecular formula is C16H33IN6OS. The van der Waals surface area contributed by atoms with Crippen molar-refractivity contribution < 1.29 is 4.74 Å². The van der Waals surface area contributed by atoms with Gasteiger partial charge in [0, 0.05) is 44.4 Å². The van der Waals surface area contributed by atoms with E-state index in [1.807, 2.05) is 30.3 Å². The molecule has 0 atom stereocenters. The molecular weight excluding hydrogens is 451 g/mol. The topological polar surface area (TPSA) is 76.4 Å². The van der Waals surface area contributed by atoms with Crippen molar-refractivity contribution in [2.24, 2.45) is 12.0 Å². The zero-order chi connectivity index (χ0) is 18.0. The van der Waals surface area contributed by atoms with E-state index in [4.69, 9.17) is 4.74 Å². The molecule has 0 fully saturated rings. The second-order valence-corrected chi connectivity index (χ2v) is 8.47. The number of methoxy groups -OCH3 is 1. The number of thioether (sulfide) groups is 1. The van der Waals surface area contributed by atoms with Crippen molar-refractivity contribution in [3.05, 3.63) is 11.6 Å². The normalized spacial score (nSPS) is 12.0. The number of hydrogen-bond donors (Lipinski definition) is 2. The predicted molar refractivity (Wildman–Crippen MR) is 117 cm³/mol. The summed E-state index contributed by atoms with van der Waals surface area (Å²) in [5.74, 6) is 3.59. The Hall–Kier alpha value is -0.550.